The molecule has 4 heterocycles. The lowest BCUT2D eigenvalue weighted by Crippen LogP contribution is -2.45. The number of morpholine rings is 1. The maximum atomic E-state index is 12.4. The van der Waals surface area contributed by atoms with Crippen LogP contribution in [-0.2, 0) is 4.74 Å². The van der Waals surface area contributed by atoms with E-state index in [1.807, 2.05) is 26.0 Å². The minimum atomic E-state index is -0.375. The molecule has 3 aromatic rings. The number of hydrogen-bond acceptors (Lipinski definition) is 7. The van der Waals surface area contributed by atoms with Gasteiger partial charge in [-0.15, -0.1) is 0 Å². The maximum Gasteiger partial charge on any atom is 0.277 e. The van der Waals surface area contributed by atoms with Gasteiger partial charge in [0.25, 0.3) is 5.91 Å². The molecular formula is C19H20N4O4. The van der Waals surface area contributed by atoms with Crippen molar-refractivity contribution >= 4 is 17.4 Å². The Kier molecular flexibility index (Phi) is 4.64. The predicted molar refractivity (Wildman–Crippen MR) is 98.6 cm³/mol. The van der Waals surface area contributed by atoms with Gasteiger partial charge in [-0.2, -0.15) is 0 Å². The van der Waals surface area contributed by atoms with Crippen molar-refractivity contribution in [3.63, 3.8) is 0 Å². The lowest BCUT2D eigenvalue weighted by Gasteiger charge is -2.36. The highest BCUT2D eigenvalue weighted by Gasteiger charge is 2.23. The van der Waals surface area contributed by atoms with E-state index in [0.717, 1.165) is 18.9 Å². The smallest absolute Gasteiger partial charge is 0.277 e. The minimum absolute atomic E-state index is 0.158. The van der Waals surface area contributed by atoms with Crippen LogP contribution in [0.4, 0.5) is 11.5 Å². The molecule has 1 N–H and O–H groups in total. The van der Waals surface area contributed by atoms with Gasteiger partial charge < -0.3 is 23.9 Å². The van der Waals surface area contributed by atoms with Gasteiger partial charge in [-0.3, -0.25) is 4.79 Å². The fourth-order valence-corrected chi connectivity index (χ4v) is 3.12. The molecule has 1 amide bonds. The first-order valence-corrected chi connectivity index (χ1v) is 8.77. The standard InChI is InChI=1S/C19H20N4O4/c1-12-10-23(11-13(2)26-12)18-6-5-14(9-20-18)21-19(24)15-8-17(27-22-15)16-4-3-7-25-16/h3-9,12-13H,10-11H2,1-2H3,(H,21,24). The second-order valence-electron chi connectivity index (χ2n) is 6.58. The molecule has 0 aromatic carbocycles. The van der Waals surface area contributed by atoms with Crippen LogP contribution >= 0.6 is 0 Å². The van der Waals surface area contributed by atoms with Crippen molar-refractivity contribution < 1.29 is 18.5 Å². The third-order valence-electron chi connectivity index (χ3n) is 4.26. The highest BCUT2D eigenvalue weighted by Crippen LogP contribution is 2.22. The Hall–Kier alpha value is -3.13. The molecule has 2 atom stereocenters. The number of anilines is 2. The van der Waals surface area contributed by atoms with Crippen LogP contribution in [0.2, 0.25) is 0 Å². The van der Waals surface area contributed by atoms with Gasteiger partial charge in [0.05, 0.1) is 30.4 Å². The summed E-state index contributed by atoms with van der Waals surface area (Å²) >= 11 is 0. The van der Waals surface area contributed by atoms with Crippen LogP contribution in [0.1, 0.15) is 24.3 Å². The van der Waals surface area contributed by atoms with Crippen LogP contribution in [-0.4, -0.2) is 41.3 Å². The summed E-state index contributed by atoms with van der Waals surface area (Å²) in [7, 11) is 0. The molecule has 0 saturated carbocycles. The summed E-state index contributed by atoms with van der Waals surface area (Å²) in [6, 6.07) is 8.71. The van der Waals surface area contributed by atoms with Crippen molar-refractivity contribution in [1.29, 1.82) is 0 Å². The summed E-state index contributed by atoms with van der Waals surface area (Å²) in [4.78, 5) is 19.0. The van der Waals surface area contributed by atoms with Crippen LogP contribution < -0.4 is 10.2 Å². The van der Waals surface area contributed by atoms with Gasteiger partial charge in [0.15, 0.2) is 11.5 Å². The van der Waals surface area contributed by atoms with Gasteiger partial charge in [0.1, 0.15) is 5.82 Å². The number of furan rings is 1. The molecule has 8 nitrogen and oxygen atoms in total. The SMILES string of the molecule is CC1CN(c2ccc(NC(=O)c3cc(-c4ccco4)on3)cn2)CC(C)O1. The molecule has 4 rings (SSSR count). The van der Waals surface area contributed by atoms with Crippen molar-refractivity contribution in [2.24, 2.45) is 0 Å². The monoisotopic (exact) mass is 368 g/mol. The number of rotatable bonds is 4. The molecule has 0 radical (unpaired) electrons. The zero-order valence-corrected chi connectivity index (χ0v) is 15.1. The second-order valence-corrected chi connectivity index (χ2v) is 6.58. The molecule has 2 unspecified atom stereocenters. The van der Waals surface area contributed by atoms with E-state index >= 15 is 0 Å². The summed E-state index contributed by atoms with van der Waals surface area (Å²) < 4.78 is 16.1. The van der Waals surface area contributed by atoms with Gasteiger partial charge in [0.2, 0.25) is 5.76 Å². The molecule has 0 aliphatic carbocycles. The summed E-state index contributed by atoms with van der Waals surface area (Å²) in [6.45, 7) is 5.67. The van der Waals surface area contributed by atoms with E-state index in [-0.39, 0.29) is 23.8 Å². The first kappa shape index (κ1) is 17.3. The highest BCUT2D eigenvalue weighted by molar-refractivity contribution is 6.03. The lowest BCUT2D eigenvalue weighted by atomic mass is 10.2. The number of nitrogens with one attached hydrogen (secondary N) is 1. The van der Waals surface area contributed by atoms with Gasteiger partial charge >= 0.3 is 0 Å². The molecule has 1 aliphatic heterocycles. The third kappa shape index (κ3) is 3.85. The van der Waals surface area contributed by atoms with Crippen molar-refractivity contribution in [3.8, 4) is 11.5 Å². The molecule has 0 spiro atoms. The molecule has 3 aromatic heterocycles. The summed E-state index contributed by atoms with van der Waals surface area (Å²) in [6.07, 6.45) is 3.47. The predicted octanol–water partition coefficient (Wildman–Crippen LogP) is 3.20. The Bertz CT molecular complexity index is 894. The Morgan fingerprint density at radius 3 is 2.67 bits per heavy atom. The number of hydrogen-bond donors (Lipinski definition) is 1. The number of carbonyl (C=O) groups excluding carboxylic acids is 1. The maximum absolute atomic E-state index is 12.4. The van der Waals surface area contributed by atoms with Crippen molar-refractivity contribution in [2.75, 3.05) is 23.3 Å². The average molecular weight is 368 g/mol. The number of ether oxygens (including phenoxy) is 1. The van der Waals surface area contributed by atoms with E-state index in [4.69, 9.17) is 13.7 Å². The Balaban J connectivity index is 1.42. The quantitative estimate of drug-likeness (QED) is 0.756. The lowest BCUT2D eigenvalue weighted by molar-refractivity contribution is -0.00545. The number of pyridine rings is 1. The van der Waals surface area contributed by atoms with Gasteiger partial charge in [0, 0.05) is 19.2 Å². The Morgan fingerprint density at radius 1 is 1.19 bits per heavy atom. The third-order valence-corrected chi connectivity index (χ3v) is 4.26. The van der Waals surface area contributed by atoms with Gasteiger partial charge in [-0.1, -0.05) is 5.16 Å². The normalized spacial score (nSPS) is 19.9. The molecule has 8 heteroatoms. The van der Waals surface area contributed by atoms with E-state index < -0.39 is 0 Å². The van der Waals surface area contributed by atoms with E-state index in [1.165, 1.54) is 12.3 Å². The Labute approximate surface area is 156 Å². The number of carbonyl (C=O) groups is 1. The molecule has 1 aliphatic rings. The van der Waals surface area contributed by atoms with Crippen molar-refractivity contribution in [1.82, 2.24) is 10.1 Å². The fraction of sp³-hybridized carbons (Fsp3) is 0.316. The molecule has 1 fully saturated rings. The van der Waals surface area contributed by atoms with E-state index in [9.17, 15) is 4.79 Å². The van der Waals surface area contributed by atoms with E-state index in [0.29, 0.717) is 17.2 Å². The molecule has 1 saturated heterocycles. The molecule has 0 bridgehead atoms. The molecular weight excluding hydrogens is 348 g/mol. The van der Waals surface area contributed by atoms with Crippen molar-refractivity contribution in [2.45, 2.75) is 26.1 Å². The number of nitrogens with zero attached hydrogens (tertiary/aromatic N) is 3. The first-order valence-electron chi connectivity index (χ1n) is 8.77. The highest BCUT2D eigenvalue weighted by atomic mass is 16.5. The Morgan fingerprint density at radius 2 is 2.00 bits per heavy atom. The van der Waals surface area contributed by atoms with Crippen LogP contribution in [0, 0.1) is 0 Å². The zero-order valence-electron chi connectivity index (χ0n) is 15.1. The zero-order chi connectivity index (χ0) is 18.8. The van der Waals surface area contributed by atoms with Gasteiger partial charge in [-0.25, -0.2) is 4.98 Å². The number of aromatic nitrogens is 2. The van der Waals surface area contributed by atoms with Crippen LogP contribution in [0.25, 0.3) is 11.5 Å². The number of amides is 1. The van der Waals surface area contributed by atoms with Gasteiger partial charge in [-0.05, 0) is 38.1 Å². The largest absolute Gasteiger partial charge is 0.461 e. The van der Waals surface area contributed by atoms with Crippen LogP contribution in [0.15, 0.2) is 51.7 Å². The molecule has 27 heavy (non-hydrogen) atoms. The van der Waals surface area contributed by atoms with E-state index in [2.05, 4.69) is 20.4 Å². The first-order chi connectivity index (χ1) is 13.1. The summed E-state index contributed by atoms with van der Waals surface area (Å²) in [5, 5.41) is 6.55. The minimum Gasteiger partial charge on any atom is -0.461 e. The van der Waals surface area contributed by atoms with Crippen LogP contribution in [0.5, 0.6) is 0 Å². The summed E-state index contributed by atoms with van der Waals surface area (Å²) in [5.41, 5.74) is 0.752. The topological polar surface area (TPSA) is 93.6 Å². The fourth-order valence-electron chi connectivity index (χ4n) is 3.12. The van der Waals surface area contributed by atoms with Crippen LogP contribution in [0.3, 0.4) is 0 Å². The van der Waals surface area contributed by atoms with E-state index in [1.54, 1.807) is 18.3 Å². The second kappa shape index (κ2) is 7.24. The summed E-state index contributed by atoms with van der Waals surface area (Å²) in [5.74, 6) is 1.40. The average Bonchev–Trinajstić information content (AvgIpc) is 3.33. The van der Waals surface area contributed by atoms with Crippen molar-refractivity contribution in [3.05, 3.63) is 48.5 Å². The molecule has 140 valence electrons.